The van der Waals surface area contributed by atoms with E-state index in [1.807, 2.05) is 35.0 Å². The summed E-state index contributed by atoms with van der Waals surface area (Å²) in [6.07, 6.45) is 5.92. The summed E-state index contributed by atoms with van der Waals surface area (Å²) in [5.41, 5.74) is 0.897. The topological polar surface area (TPSA) is 99.7 Å². The third-order valence-electron chi connectivity index (χ3n) is 3.94. The molecule has 1 heterocycles. The molecule has 0 bridgehead atoms. The molecule has 0 spiro atoms. The summed E-state index contributed by atoms with van der Waals surface area (Å²) in [7, 11) is 0. The van der Waals surface area contributed by atoms with E-state index >= 15 is 0 Å². The molecule has 3 aromatic rings. The van der Waals surface area contributed by atoms with Crippen LogP contribution in [0.4, 0.5) is 0 Å². The van der Waals surface area contributed by atoms with Crippen molar-refractivity contribution in [3.05, 3.63) is 91.9 Å². The second-order valence-corrected chi connectivity index (χ2v) is 7.46. The number of aromatic nitrogens is 2. The van der Waals surface area contributed by atoms with Crippen molar-refractivity contribution in [3.63, 3.8) is 0 Å². The number of rotatable bonds is 9. The molecule has 1 N–H and O–H groups in total. The average molecular weight is 489 g/mol. The van der Waals surface area contributed by atoms with E-state index in [9.17, 15) is 0 Å². The molecule has 1 unspecified atom stereocenters. The standard InChI is InChI=1S/C20H19Cl3N2O2.HNO3/c21-15-2-5-17(6-3-15)26-10-1-11-27-20(13-25-9-8-24-14-25)18-7-4-16(22)12-19(18)23;2-1(3)4/h2-9,12,14,20H,1,10-11,13H2;(H,2,3,4). The summed E-state index contributed by atoms with van der Waals surface area (Å²) >= 11 is 18.3. The van der Waals surface area contributed by atoms with E-state index in [1.54, 1.807) is 30.7 Å². The number of imidazole rings is 1. The first kappa shape index (κ1) is 24.7. The van der Waals surface area contributed by atoms with Crippen LogP contribution in [0.25, 0.3) is 0 Å². The zero-order valence-corrected chi connectivity index (χ0v) is 18.5. The molecule has 1 aromatic heterocycles. The number of ether oxygens (including phenoxy) is 2. The van der Waals surface area contributed by atoms with E-state index in [2.05, 4.69) is 4.98 Å². The molecule has 0 radical (unpaired) electrons. The Bertz CT molecular complexity index is 936. The van der Waals surface area contributed by atoms with Crippen LogP contribution in [0.15, 0.2) is 61.2 Å². The largest absolute Gasteiger partial charge is 0.494 e. The van der Waals surface area contributed by atoms with Gasteiger partial charge in [-0.1, -0.05) is 40.9 Å². The van der Waals surface area contributed by atoms with Crippen molar-refractivity contribution in [2.75, 3.05) is 13.2 Å². The van der Waals surface area contributed by atoms with Gasteiger partial charge in [0.2, 0.25) is 0 Å². The number of nitrogens with zero attached hydrogens (tertiary/aromatic N) is 3. The monoisotopic (exact) mass is 487 g/mol. The number of benzene rings is 2. The van der Waals surface area contributed by atoms with Gasteiger partial charge in [0, 0.05) is 39.4 Å². The predicted molar refractivity (Wildman–Crippen MR) is 118 cm³/mol. The quantitative estimate of drug-likeness (QED) is 0.235. The molecular weight excluding hydrogens is 469 g/mol. The Labute approximate surface area is 194 Å². The van der Waals surface area contributed by atoms with Crippen molar-refractivity contribution < 1.29 is 19.8 Å². The van der Waals surface area contributed by atoms with E-state index in [4.69, 9.17) is 59.6 Å². The summed E-state index contributed by atoms with van der Waals surface area (Å²) in [6, 6.07) is 12.7. The highest BCUT2D eigenvalue weighted by Crippen LogP contribution is 2.29. The maximum Gasteiger partial charge on any atom is 0.291 e. The molecule has 2 aromatic carbocycles. The van der Waals surface area contributed by atoms with Crippen LogP contribution in [0, 0.1) is 10.1 Å². The van der Waals surface area contributed by atoms with Crippen LogP contribution in [-0.4, -0.2) is 33.1 Å². The molecule has 31 heavy (non-hydrogen) atoms. The summed E-state index contributed by atoms with van der Waals surface area (Å²) < 4.78 is 13.8. The molecule has 0 aliphatic heterocycles. The van der Waals surface area contributed by atoms with Crippen LogP contribution in [0.5, 0.6) is 5.75 Å². The minimum atomic E-state index is -1.50. The lowest BCUT2D eigenvalue weighted by atomic mass is 10.1. The third kappa shape index (κ3) is 9.44. The first-order chi connectivity index (χ1) is 14.8. The molecule has 0 aliphatic rings. The second-order valence-electron chi connectivity index (χ2n) is 6.18. The van der Waals surface area contributed by atoms with E-state index in [-0.39, 0.29) is 6.10 Å². The highest BCUT2D eigenvalue weighted by Gasteiger charge is 2.16. The van der Waals surface area contributed by atoms with Gasteiger partial charge in [0.05, 0.1) is 26.1 Å². The predicted octanol–water partition coefficient (Wildman–Crippen LogP) is 5.72. The van der Waals surface area contributed by atoms with Crippen molar-refractivity contribution in [2.24, 2.45) is 0 Å². The van der Waals surface area contributed by atoms with Gasteiger partial charge in [0.1, 0.15) is 11.9 Å². The molecule has 0 saturated heterocycles. The van der Waals surface area contributed by atoms with E-state index in [0.29, 0.717) is 34.8 Å². The van der Waals surface area contributed by atoms with E-state index in [1.165, 1.54) is 0 Å². The van der Waals surface area contributed by atoms with Gasteiger partial charge in [-0.2, -0.15) is 0 Å². The summed E-state index contributed by atoms with van der Waals surface area (Å²) in [4.78, 5) is 12.4. The molecule has 1 atom stereocenters. The van der Waals surface area contributed by atoms with Gasteiger partial charge >= 0.3 is 0 Å². The van der Waals surface area contributed by atoms with Crippen molar-refractivity contribution in [1.29, 1.82) is 0 Å². The van der Waals surface area contributed by atoms with Gasteiger partial charge in [0.15, 0.2) is 0 Å². The fourth-order valence-corrected chi connectivity index (χ4v) is 3.25. The lowest BCUT2D eigenvalue weighted by Crippen LogP contribution is -2.14. The third-order valence-corrected chi connectivity index (χ3v) is 4.75. The SMILES string of the molecule is Clc1ccc(OCCCOC(Cn2ccnc2)c2ccc(Cl)cc2Cl)cc1.O=[N+]([O-])O. The fraction of sp³-hybridized carbons (Fsp3) is 0.250. The average Bonchev–Trinajstić information content (AvgIpc) is 3.21. The number of hydrogen-bond donors (Lipinski definition) is 1. The Kier molecular flexibility index (Phi) is 10.4. The first-order valence-electron chi connectivity index (χ1n) is 9.09. The van der Waals surface area contributed by atoms with Crippen LogP contribution in [0.1, 0.15) is 18.1 Å². The zero-order valence-electron chi connectivity index (χ0n) is 16.2. The maximum atomic E-state index is 8.36. The summed E-state index contributed by atoms with van der Waals surface area (Å²) in [5, 5.41) is 15.5. The molecule has 166 valence electrons. The van der Waals surface area contributed by atoms with E-state index in [0.717, 1.165) is 17.7 Å². The van der Waals surface area contributed by atoms with Gasteiger partial charge in [-0.3, -0.25) is 0 Å². The Morgan fingerprint density at radius 1 is 1.10 bits per heavy atom. The maximum absolute atomic E-state index is 8.36. The minimum Gasteiger partial charge on any atom is -0.494 e. The number of halogens is 3. The Morgan fingerprint density at radius 3 is 2.39 bits per heavy atom. The zero-order chi connectivity index (χ0) is 22.6. The van der Waals surface area contributed by atoms with Crippen LogP contribution in [-0.2, 0) is 11.3 Å². The molecule has 11 heteroatoms. The normalized spacial score (nSPS) is 11.3. The van der Waals surface area contributed by atoms with Crippen molar-refractivity contribution in [1.82, 2.24) is 9.55 Å². The van der Waals surface area contributed by atoms with Gasteiger partial charge in [-0.25, -0.2) is 4.98 Å². The van der Waals surface area contributed by atoms with Crippen molar-refractivity contribution in [3.8, 4) is 5.75 Å². The van der Waals surface area contributed by atoms with E-state index < -0.39 is 5.09 Å². The molecular formula is C20H20Cl3N3O5. The smallest absolute Gasteiger partial charge is 0.291 e. The lowest BCUT2D eigenvalue weighted by Gasteiger charge is -2.20. The molecule has 8 nitrogen and oxygen atoms in total. The fourth-order valence-electron chi connectivity index (χ4n) is 2.60. The summed E-state index contributed by atoms with van der Waals surface area (Å²) in [6.45, 7) is 1.69. The highest BCUT2D eigenvalue weighted by atomic mass is 35.5. The minimum absolute atomic E-state index is 0.209. The lowest BCUT2D eigenvalue weighted by molar-refractivity contribution is -0.742. The van der Waals surface area contributed by atoms with Crippen molar-refractivity contribution >= 4 is 34.8 Å². The van der Waals surface area contributed by atoms with Crippen LogP contribution < -0.4 is 4.74 Å². The molecule has 0 saturated carbocycles. The molecule has 0 aliphatic carbocycles. The summed E-state index contributed by atoms with van der Waals surface area (Å²) in [5.74, 6) is 0.787. The van der Waals surface area contributed by atoms with Gasteiger partial charge in [-0.15, -0.1) is 10.1 Å². The van der Waals surface area contributed by atoms with Gasteiger partial charge in [0.25, 0.3) is 5.09 Å². The van der Waals surface area contributed by atoms with Gasteiger partial charge in [-0.05, 0) is 36.4 Å². The Balaban J connectivity index is 0.000000785. The Morgan fingerprint density at radius 2 is 1.77 bits per heavy atom. The van der Waals surface area contributed by atoms with Crippen LogP contribution in [0.2, 0.25) is 15.1 Å². The van der Waals surface area contributed by atoms with Crippen LogP contribution in [0.3, 0.4) is 0 Å². The van der Waals surface area contributed by atoms with Crippen molar-refractivity contribution in [2.45, 2.75) is 19.1 Å². The second kappa shape index (κ2) is 13.0. The first-order valence-corrected chi connectivity index (χ1v) is 10.2. The number of hydrogen-bond acceptors (Lipinski definition) is 5. The molecule has 0 fully saturated rings. The molecule has 3 rings (SSSR count). The van der Waals surface area contributed by atoms with Crippen LogP contribution >= 0.6 is 34.8 Å². The Hall–Kier alpha value is -2.52. The molecule has 0 amide bonds. The highest BCUT2D eigenvalue weighted by molar-refractivity contribution is 6.35. The van der Waals surface area contributed by atoms with Gasteiger partial charge < -0.3 is 19.2 Å².